The Kier molecular flexibility index (Phi) is 5.26. The van der Waals surface area contributed by atoms with E-state index in [2.05, 4.69) is 26.1 Å². The Balaban J connectivity index is 1.92. The summed E-state index contributed by atoms with van der Waals surface area (Å²) >= 11 is 0. The minimum Gasteiger partial charge on any atom is -0.462 e. The Morgan fingerprint density at radius 1 is 1.26 bits per heavy atom. The van der Waals surface area contributed by atoms with Crippen LogP contribution < -0.4 is 5.32 Å². The largest absolute Gasteiger partial charge is 0.462 e. The molecule has 2 rings (SSSR count). The minimum absolute atomic E-state index is 0.0388. The molecule has 1 heterocycles. The van der Waals surface area contributed by atoms with Crippen LogP contribution in [0.2, 0.25) is 0 Å². The van der Waals surface area contributed by atoms with E-state index in [0.717, 1.165) is 32.4 Å². The van der Waals surface area contributed by atoms with Crippen molar-refractivity contribution in [3.05, 3.63) is 0 Å². The average Bonchev–Trinajstić information content (AvgIpc) is 2.39. The Labute approximate surface area is 117 Å². The van der Waals surface area contributed by atoms with E-state index in [1.165, 1.54) is 12.8 Å². The quantitative estimate of drug-likeness (QED) is 0.799. The van der Waals surface area contributed by atoms with Crippen molar-refractivity contribution in [3.8, 4) is 0 Å². The molecule has 1 saturated carbocycles. The lowest BCUT2D eigenvalue weighted by molar-refractivity contribution is -0.161. The number of carbonyl (C=O) groups is 1. The van der Waals surface area contributed by atoms with E-state index in [9.17, 15) is 4.79 Å². The van der Waals surface area contributed by atoms with Gasteiger partial charge in [-0.1, -0.05) is 27.2 Å². The Bertz CT molecular complexity index is 297. The van der Waals surface area contributed by atoms with Crippen LogP contribution in [0.5, 0.6) is 0 Å². The predicted molar refractivity (Wildman–Crippen MR) is 76.8 cm³/mol. The van der Waals surface area contributed by atoms with Crippen molar-refractivity contribution in [2.45, 2.75) is 59.0 Å². The van der Waals surface area contributed by atoms with Gasteiger partial charge in [0.15, 0.2) is 0 Å². The first kappa shape index (κ1) is 14.8. The first-order valence-electron chi connectivity index (χ1n) is 7.99. The summed E-state index contributed by atoms with van der Waals surface area (Å²) in [6.07, 6.45) is 5.77. The number of hydrogen-bond acceptors (Lipinski definition) is 3. The summed E-state index contributed by atoms with van der Waals surface area (Å²) < 4.78 is 5.90. The highest BCUT2D eigenvalue weighted by molar-refractivity contribution is 5.73. The number of esters is 1. The molecule has 1 saturated heterocycles. The van der Waals surface area contributed by atoms with Crippen LogP contribution in [0.4, 0.5) is 0 Å². The molecule has 2 fully saturated rings. The Hall–Kier alpha value is -0.570. The minimum atomic E-state index is 0.0388. The maximum atomic E-state index is 12.3. The Morgan fingerprint density at radius 3 is 2.68 bits per heavy atom. The summed E-state index contributed by atoms with van der Waals surface area (Å²) in [6.45, 7) is 8.62. The third kappa shape index (κ3) is 3.95. The molecule has 2 aliphatic rings. The van der Waals surface area contributed by atoms with Gasteiger partial charge in [0.2, 0.25) is 0 Å². The van der Waals surface area contributed by atoms with Crippen LogP contribution >= 0.6 is 0 Å². The van der Waals surface area contributed by atoms with E-state index in [-0.39, 0.29) is 18.0 Å². The maximum Gasteiger partial charge on any atom is 0.310 e. The molecule has 0 aromatic heterocycles. The third-order valence-electron chi connectivity index (χ3n) is 4.86. The standard InChI is InChI=1S/C16H29NO2/c1-11(2)14-7-6-12(3)9-15(14)19-16(18)13-5-4-8-17-10-13/h11-15,17H,4-10H2,1-3H3/t12?,13-,14?,15?/m1/s1. The molecule has 0 spiro atoms. The summed E-state index contributed by atoms with van der Waals surface area (Å²) in [4.78, 5) is 12.3. The molecular formula is C16H29NO2. The molecule has 1 aliphatic heterocycles. The normalized spacial score (nSPS) is 36.2. The van der Waals surface area contributed by atoms with Gasteiger partial charge in [-0.2, -0.15) is 0 Å². The number of rotatable bonds is 3. The predicted octanol–water partition coefficient (Wildman–Crippen LogP) is 2.99. The first-order chi connectivity index (χ1) is 9.08. The fraction of sp³-hybridized carbons (Fsp3) is 0.938. The van der Waals surface area contributed by atoms with Crippen LogP contribution in [-0.4, -0.2) is 25.2 Å². The zero-order valence-electron chi connectivity index (χ0n) is 12.7. The summed E-state index contributed by atoms with van der Waals surface area (Å²) in [5.74, 6) is 1.97. The molecule has 0 aromatic carbocycles. The van der Waals surface area contributed by atoms with Crippen molar-refractivity contribution >= 4 is 5.97 Å². The van der Waals surface area contributed by atoms with Crippen LogP contribution in [0.3, 0.4) is 0 Å². The molecule has 3 heteroatoms. The van der Waals surface area contributed by atoms with Crippen molar-refractivity contribution in [1.29, 1.82) is 0 Å². The van der Waals surface area contributed by atoms with E-state index in [1.807, 2.05) is 0 Å². The van der Waals surface area contributed by atoms with Gasteiger partial charge in [-0.15, -0.1) is 0 Å². The summed E-state index contributed by atoms with van der Waals surface area (Å²) in [5, 5.41) is 3.29. The molecule has 110 valence electrons. The van der Waals surface area contributed by atoms with Gasteiger partial charge in [0, 0.05) is 6.54 Å². The molecule has 19 heavy (non-hydrogen) atoms. The first-order valence-corrected chi connectivity index (χ1v) is 7.99. The van der Waals surface area contributed by atoms with Gasteiger partial charge in [-0.05, 0) is 50.0 Å². The van der Waals surface area contributed by atoms with Gasteiger partial charge in [0.05, 0.1) is 5.92 Å². The average molecular weight is 267 g/mol. The Morgan fingerprint density at radius 2 is 2.05 bits per heavy atom. The molecule has 1 N–H and O–H groups in total. The lowest BCUT2D eigenvalue weighted by atomic mass is 9.75. The van der Waals surface area contributed by atoms with Crippen LogP contribution in [0.15, 0.2) is 0 Å². The molecule has 4 atom stereocenters. The van der Waals surface area contributed by atoms with Gasteiger partial charge in [0.25, 0.3) is 0 Å². The van der Waals surface area contributed by atoms with Crippen LogP contribution in [0.25, 0.3) is 0 Å². The molecule has 3 unspecified atom stereocenters. The highest BCUT2D eigenvalue weighted by atomic mass is 16.5. The second kappa shape index (κ2) is 6.74. The third-order valence-corrected chi connectivity index (χ3v) is 4.86. The topological polar surface area (TPSA) is 38.3 Å². The van der Waals surface area contributed by atoms with Crippen LogP contribution in [0.1, 0.15) is 52.9 Å². The molecule has 3 nitrogen and oxygen atoms in total. The second-order valence-corrected chi connectivity index (χ2v) is 6.84. The molecular weight excluding hydrogens is 238 g/mol. The fourth-order valence-electron chi connectivity index (χ4n) is 3.55. The summed E-state index contributed by atoms with van der Waals surface area (Å²) in [5.41, 5.74) is 0. The van der Waals surface area contributed by atoms with Crippen molar-refractivity contribution < 1.29 is 9.53 Å². The SMILES string of the molecule is CC1CCC(C(C)C)C(OC(=O)[C@@H]2CCCNC2)C1. The summed E-state index contributed by atoms with van der Waals surface area (Å²) in [6, 6.07) is 0. The number of carbonyl (C=O) groups excluding carboxylic acids is 1. The number of hydrogen-bond donors (Lipinski definition) is 1. The van der Waals surface area contributed by atoms with E-state index < -0.39 is 0 Å². The van der Waals surface area contributed by atoms with Gasteiger partial charge >= 0.3 is 5.97 Å². The number of piperidine rings is 1. The molecule has 0 amide bonds. The van der Waals surface area contributed by atoms with Crippen molar-refractivity contribution in [2.75, 3.05) is 13.1 Å². The van der Waals surface area contributed by atoms with E-state index in [1.54, 1.807) is 0 Å². The number of nitrogens with one attached hydrogen (secondary N) is 1. The van der Waals surface area contributed by atoms with Crippen molar-refractivity contribution in [3.63, 3.8) is 0 Å². The van der Waals surface area contributed by atoms with E-state index >= 15 is 0 Å². The zero-order chi connectivity index (χ0) is 13.8. The maximum absolute atomic E-state index is 12.3. The molecule has 1 aliphatic carbocycles. The molecule has 0 bridgehead atoms. The number of ether oxygens (including phenoxy) is 1. The highest BCUT2D eigenvalue weighted by Gasteiger charge is 2.35. The smallest absolute Gasteiger partial charge is 0.310 e. The molecule has 0 radical (unpaired) electrons. The van der Waals surface area contributed by atoms with Gasteiger partial charge in [-0.25, -0.2) is 0 Å². The second-order valence-electron chi connectivity index (χ2n) is 6.84. The van der Waals surface area contributed by atoms with Gasteiger partial charge < -0.3 is 10.1 Å². The fourth-order valence-corrected chi connectivity index (χ4v) is 3.55. The van der Waals surface area contributed by atoms with Gasteiger partial charge in [-0.3, -0.25) is 4.79 Å². The van der Waals surface area contributed by atoms with E-state index in [0.29, 0.717) is 17.8 Å². The lowest BCUT2D eigenvalue weighted by Crippen LogP contribution is -2.40. The van der Waals surface area contributed by atoms with Crippen molar-refractivity contribution in [1.82, 2.24) is 5.32 Å². The molecule has 0 aromatic rings. The summed E-state index contributed by atoms with van der Waals surface area (Å²) in [7, 11) is 0. The van der Waals surface area contributed by atoms with Crippen LogP contribution in [0, 0.1) is 23.7 Å². The lowest BCUT2D eigenvalue weighted by Gasteiger charge is -2.37. The monoisotopic (exact) mass is 267 g/mol. The van der Waals surface area contributed by atoms with E-state index in [4.69, 9.17) is 4.74 Å². The van der Waals surface area contributed by atoms with Crippen molar-refractivity contribution in [2.24, 2.45) is 23.7 Å². The zero-order valence-corrected chi connectivity index (χ0v) is 12.7. The van der Waals surface area contributed by atoms with Gasteiger partial charge in [0.1, 0.15) is 6.10 Å². The van der Waals surface area contributed by atoms with Crippen LogP contribution in [-0.2, 0) is 9.53 Å². The highest BCUT2D eigenvalue weighted by Crippen LogP contribution is 2.35.